The average Bonchev–Trinajstić information content (AvgIpc) is 2.49. The number of anilines is 1. The number of amides is 1. The fourth-order valence-corrected chi connectivity index (χ4v) is 3.46. The molecule has 8 heteroatoms. The highest BCUT2D eigenvalue weighted by molar-refractivity contribution is 7.99. The molecule has 23 heavy (non-hydrogen) atoms. The molecular formula is C15H13F2NO3S2. The van der Waals surface area contributed by atoms with E-state index >= 15 is 0 Å². The Labute approximate surface area is 136 Å². The summed E-state index contributed by atoms with van der Waals surface area (Å²) in [6.45, 7) is 0. The standard InChI is InChI=1S/C15H13F2NO3S2/c16-15(17)22-12-8-6-11(7-9-12)18-14(19)10-23(20,21)13-4-2-1-3-5-13/h1-9,15H,10H2,(H,18,19). The number of hydrogen-bond donors (Lipinski definition) is 1. The second kappa shape index (κ2) is 7.56. The first-order valence-electron chi connectivity index (χ1n) is 6.49. The lowest BCUT2D eigenvalue weighted by molar-refractivity contribution is -0.113. The molecule has 0 atom stereocenters. The van der Waals surface area contributed by atoms with Crippen LogP contribution in [0.5, 0.6) is 0 Å². The van der Waals surface area contributed by atoms with Crippen molar-refractivity contribution in [2.45, 2.75) is 15.5 Å². The molecule has 0 aliphatic rings. The number of hydrogen-bond acceptors (Lipinski definition) is 4. The summed E-state index contributed by atoms with van der Waals surface area (Å²) < 4.78 is 48.5. The molecule has 0 aromatic heterocycles. The minimum Gasteiger partial charge on any atom is -0.325 e. The first kappa shape index (κ1) is 17.4. The van der Waals surface area contributed by atoms with Gasteiger partial charge in [0.2, 0.25) is 5.91 Å². The van der Waals surface area contributed by atoms with Gasteiger partial charge in [-0.25, -0.2) is 8.42 Å². The van der Waals surface area contributed by atoms with Gasteiger partial charge in [0.05, 0.1) is 4.90 Å². The van der Waals surface area contributed by atoms with Crippen LogP contribution in [0.1, 0.15) is 0 Å². The third-order valence-electron chi connectivity index (χ3n) is 2.79. The minimum absolute atomic E-state index is 0.0684. The van der Waals surface area contributed by atoms with Gasteiger partial charge >= 0.3 is 0 Å². The van der Waals surface area contributed by atoms with E-state index < -0.39 is 27.3 Å². The van der Waals surface area contributed by atoms with Gasteiger partial charge in [-0.2, -0.15) is 8.78 Å². The molecule has 0 saturated heterocycles. The monoisotopic (exact) mass is 357 g/mol. The molecule has 0 saturated carbocycles. The second-order valence-corrected chi connectivity index (χ2v) is 7.58. The van der Waals surface area contributed by atoms with Crippen LogP contribution in [0, 0.1) is 0 Å². The number of carbonyl (C=O) groups is 1. The lowest BCUT2D eigenvalue weighted by Crippen LogP contribution is -2.22. The van der Waals surface area contributed by atoms with Crippen LogP contribution in [-0.4, -0.2) is 25.8 Å². The lowest BCUT2D eigenvalue weighted by Gasteiger charge is -2.07. The van der Waals surface area contributed by atoms with Crippen molar-refractivity contribution in [1.29, 1.82) is 0 Å². The van der Waals surface area contributed by atoms with Gasteiger partial charge in [-0.15, -0.1) is 0 Å². The van der Waals surface area contributed by atoms with Crippen LogP contribution in [0.15, 0.2) is 64.4 Å². The Balaban J connectivity index is 1.99. The maximum absolute atomic E-state index is 12.2. The Bertz CT molecular complexity index is 763. The SMILES string of the molecule is O=C(CS(=O)(=O)c1ccccc1)Nc1ccc(SC(F)F)cc1. The van der Waals surface area contributed by atoms with Crippen LogP contribution in [-0.2, 0) is 14.6 Å². The van der Waals surface area contributed by atoms with Gasteiger partial charge < -0.3 is 5.32 Å². The number of alkyl halides is 2. The van der Waals surface area contributed by atoms with Gasteiger partial charge in [0.1, 0.15) is 5.75 Å². The molecule has 0 bridgehead atoms. The molecule has 1 amide bonds. The Morgan fingerprint density at radius 3 is 2.22 bits per heavy atom. The number of benzene rings is 2. The Hall–Kier alpha value is -1.93. The maximum atomic E-state index is 12.2. The van der Waals surface area contributed by atoms with E-state index in [0.717, 1.165) is 0 Å². The number of carbonyl (C=O) groups excluding carboxylic acids is 1. The van der Waals surface area contributed by atoms with Crippen molar-refractivity contribution in [3.05, 3.63) is 54.6 Å². The molecule has 1 N–H and O–H groups in total. The van der Waals surface area contributed by atoms with Crippen LogP contribution in [0.25, 0.3) is 0 Å². The van der Waals surface area contributed by atoms with E-state index in [1.165, 1.54) is 36.4 Å². The summed E-state index contributed by atoms with van der Waals surface area (Å²) in [5.74, 6) is -3.90. The van der Waals surface area contributed by atoms with Crippen molar-refractivity contribution < 1.29 is 22.0 Å². The number of sulfone groups is 1. The number of halogens is 2. The van der Waals surface area contributed by atoms with Crippen LogP contribution in [0.3, 0.4) is 0 Å². The summed E-state index contributed by atoms with van der Waals surface area (Å²) in [5, 5.41) is 2.43. The Kier molecular flexibility index (Phi) is 5.73. The molecule has 4 nitrogen and oxygen atoms in total. The van der Waals surface area contributed by atoms with E-state index in [4.69, 9.17) is 0 Å². The van der Waals surface area contributed by atoms with Crippen molar-refractivity contribution in [3.63, 3.8) is 0 Å². The molecule has 0 fully saturated rings. The van der Waals surface area contributed by atoms with E-state index in [1.54, 1.807) is 18.2 Å². The highest BCUT2D eigenvalue weighted by atomic mass is 32.2. The third kappa shape index (κ3) is 5.33. The van der Waals surface area contributed by atoms with E-state index in [9.17, 15) is 22.0 Å². The van der Waals surface area contributed by atoms with E-state index in [0.29, 0.717) is 22.3 Å². The molecule has 0 heterocycles. The van der Waals surface area contributed by atoms with Crippen LogP contribution < -0.4 is 5.32 Å². The summed E-state index contributed by atoms with van der Waals surface area (Å²) in [7, 11) is -3.72. The summed E-state index contributed by atoms with van der Waals surface area (Å²) in [5.41, 5.74) is 0.344. The molecular weight excluding hydrogens is 344 g/mol. The molecule has 2 aromatic rings. The number of rotatable bonds is 6. The summed E-state index contributed by atoms with van der Waals surface area (Å²) in [6, 6.07) is 13.4. The molecule has 2 aromatic carbocycles. The normalized spacial score (nSPS) is 11.4. The fourth-order valence-electron chi connectivity index (χ4n) is 1.80. The summed E-state index contributed by atoms with van der Waals surface area (Å²) >= 11 is 0.391. The molecule has 122 valence electrons. The van der Waals surface area contributed by atoms with Crippen molar-refractivity contribution >= 4 is 33.2 Å². The topological polar surface area (TPSA) is 63.2 Å². The summed E-state index contributed by atoms with van der Waals surface area (Å²) in [4.78, 5) is 12.3. The van der Waals surface area contributed by atoms with Gasteiger partial charge in [-0.05, 0) is 36.4 Å². The van der Waals surface area contributed by atoms with Gasteiger partial charge in [0.15, 0.2) is 9.84 Å². The van der Waals surface area contributed by atoms with Crippen molar-refractivity contribution in [3.8, 4) is 0 Å². The molecule has 2 rings (SSSR count). The quantitative estimate of drug-likeness (QED) is 0.805. The smallest absolute Gasteiger partial charge is 0.288 e. The van der Waals surface area contributed by atoms with Crippen LogP contribution in [0.4, 0.5) is 14.5 Å². The van der Waals surface area contributed by atoms with Crippen LogP contribution in [0.2, 0.25) is 0 Å². The van der Waals surface area contributed by atoms with Crippen molar-refractivity contribution in [2.75, 3.05) is 11.1 Å². The molecule has 0 aliphatic heterocycles. The third-order valence-corrected chi connectivity index (χ3v) is 5.14. The number of thioether (sulfide) groups is 1. The zero-order valence-electron chi connectivity index (χ0n) is 11.8. The second-order valence-electron chi connectivity index (χ2n) is 4.52. The van der Waals surface area contributed by atoms with Gasteiger partial charge in [-0.3, -0.25) is 4.79 Å². The fraction of sp³-hybridized carbons (Fsp3) is 0.133. The van der Waals surface area contributed by atoms with Gasteiger partial charge in [-0.1, -0.05) is 30.0 Å². The predicted octanol–water partition coefficient (Wildman–Crippen LogP) is 3.41. The molecule has 0 radical (unpaired) electrons. The number of nitrogens with one attached hydrogen (secondary N) is 1. The zero-order valence-corrected chi connectivity index (χ0v) is 13.4. The molecule has 0 unspecified atom stereocenters. The highest BCUT2D eigenvalue weighted by Crippen LogP contribution is 2.26. The van der Waals surface area contributed by atoms with E-state index in [2.05, 4.69) is 5.32 Å². The molecule has 0 spiro atoms. The average molecular weight is 357 g/mol. The van der Waals surface area contributed by atoms with E-state index in [1.807, 2.05) is 0 Å². The van der Waals surface area contributed by atoms with Crippen LogP contribution >= 0.6 is 11.8 Å². The minimum atomic E-state index is -3.72. The van der Waals surface area contributed by atoms with Gasteiger partial charge in [0, 0.05) is 10.6 Å². The zero-order chi connectivity index (χ0) is 16.9. The Morgan fingerprint density at radius 2 is 1.65 bits per heavy atom. The largest absolute Gasteiger partial charge is 0.325 e. The summed E-state index contributed by atoms with van der Waals surface area (Å²) in [6.07, 6.45) is 0. The Morgan fingerprint density at radius 1 is 1.04 bits per heavy atom. The van der Waals surface area contributed by atoms with Crippen molar-refractivity contribution in [1.82, 2.24) is 0 Å². The molecule has 0 aliphatic carbocycles. The first-order valence-corrected chi connectivity index (χ1v) is 9.02. The van der Waals surface area contributed by atoms with E-state index in [-0.39, 0.29) is 4.90 Å². The lowest BCUT2D eigenvalue weighted by atomic mass is 10.3. The first-order chi connectivity index (χ1) is 10.9. The van der Waals surface area contributed by atoms with Gasteiger partial charge in [0.25, 0.3) is 5.76 Å². The maximum Gasteiger partial charge on any atom is 0.288 e. The highest BCUT2D eigenvalue weighted by Gasteiger charge is 2.19. The van der Waals surface area contributed by atoms with Crippen molar-refractivity contribution in [2.24, 2.45) is 0 Å². The predicted molar refractivity (Wildman–Crippen MR) is 85.4 cm³/mol.